The van der Waals surface area contributed by atoms with Crippen molar-refractivity contribution < 1.29 is 13.6 Å². The summed E-state index contributed by atoms with van der Waals surface area (Å²) in [6, 6.07) is 11.8. The lowest BCUT2D eigenvalue weighted by Crippen LogP contribution is -2.27. The van der Waals surface area contributed by atoms with Gasteiger partial charge in [0, 0.05) is 43.1 Å². The molecule has 0 spiro atoms. The standard InChI is InChI=1S/C23H22F2N4O/c24-23(25)9-7-18(8-10-23)29-22-19(15-26-29)21(30)14-17(27-22)13-16-5-1-2-6-20(16)28-11-3-4-12-28/h1-6,11-12,15,18H,7-10,13-14H2. The lowest BCUT2D eigenvalue weighted by molar-refractivity contribution is -0.0448. The second-order valence-corrected chi connectivity index (χ2v) is 8.09. The molecule has 0 radical (unpaired) electrons. The van der Waals surface area contributed by atoms with Crippen LogP contribution in [-0.4, -0.2) is 31.8 Å². The quantitative estimate of drug-likeness (QED) is 0.586. The third kappa shape index (κ3) is 3.49. The molecule has 1 fully saturated rings. The summed E-state index contributed by atoms with van der Waals surface area (Å²) in [5.74, 6) is -2.09. The van der Waals surface area contributed by atoms with E-state index in [1.54, 1.807) is 10.9 Å². The number of benzene rings is 1. The summed E-state index contributed by atoms with van der Waals surface area (Å²) in [5.41, 5.74) is 3.39. The van der Waals surface area contributed by atoms with Crippen molar-refractivity contribution in [3.05, 3.63) is 66.1 Å². The highest BCUT2D eigenvalue weighted by atomic mass is 19.3. The van der Waals surface area contributed by atoms with Gasteiger partial charge in [-0.2, -0.15) is 5.10 Å². The van der Waals surface area contributed by atoms with Crippen molar-refractivity contribution >= 4 is 17.3 Å². The zero-order valence-electron chi connectivity index (χ0n) is 16.5. The second-order valence-electron chi connectivity index (χ2n) is 8.09. The third-order valence-electron chi connectivity index (χ3n) is 6.00. The summed E-state index contributed by atoms with van der Waals surface area (Å²) in [7, 11) is 0. The van der Waals surface area contributed by atoms with Gasteiger partial charge in [0.1, 0.15) is 0 Å². The first-order chi connectivity index (χ1) is 14.5. The van der Waals surface area contributed by atoms with Crippen LogP contribution >= 0.6 is 0 Å². The van der Waals surface area contributed by atoms with E-state index in [9.17, 15) is 13.6 Å². The normalized spacial score (nSPS) is 18.9. The summed E-state index contributed by atoms with van der Waals surface area (Å²) < 4.78 is 30.9. The molecule has 1 aliphatic carbocycles. The molecule has 0 saturated heterocycles. The van der Waals surface area contributed by atoms with Crippen molar-refractivity contribution in [2.45, 2.75) is 50.5 Å². The largest absolute Gasteiger partial charge is 0.324 e. The Labute approximate surface area is 173 Å². The molecule has 2 aromatic heterocycles. The molecule has 0 N–H and O–H groups in total. The smallest absolute Gasteiger partial charge is 0.248 e. The Morgan fingerprint density at radius 1 is 1.07 bits per heavy atom. The summed E-state index contributed by atoms with van der Waals surface area (Å²) >= 11 is 0. The van der Waals surface area contributed by atoms with Crippen LogP contribution in [0.5, 0.6) is 0 Å². The Bertz CT molecular complexity index is 1100. The van der Waals surface area contributed by atoms with Gasteiger partial charge >= 0.3 is 0 Å². The van der Waals surface area contributed by atoms with Gasteiger partial charge in [-0.25, -0.2) is 18.5 Å². The van der Waals surface area contributed by atoms with Crippen LogP contribution in [0.1, 0.15) is 54.1 Å². The van der Waals surface area contributed by atoms with E-state index in [1.807, 2.05) is 53.4 Å². The van der Waals surface area contributed by atoms with Gasteiger partial charge in [0.15, 0.2) is 11.6 Å². The minimum absolute atomic E-state index is 0.0131. The fourth-order valence-electron chi connectivity index (χ4n) is 4.40. The predicted molar refractivity (Wildman–Crippen MR) is 110 cm³/mol. The Morgan fingerprint density at radius 2 is 1.80 bits per heavy atom. The predicted octanol–water partition coefficient (Wildman–Crippen LogP) is 5.33. The zero-order valence-corrected chi connectivity index (χ0v) is 16.5. The van der Waals surface area contributed by atoms with E-state index in [2.05, 4.69) is 5.10 Å². The molecule has 30 heavy (non-hydrogen) atoms. The summed E-state index contributed by atoms with van der Waals surface area (Å²) in [4.78, 5) is 17.5. The number of halogens is 2. The number of hydrogen-bond donors (Lipinski definition) is 0. The molecule has 5 nitrogen and oxygen atoms in total. The lowest BCUT2D eigenvalue weighted by atomic mass is 9.92. The number of rotatable bonds is 4. The summed E-state index contributed by atoms with van der Waals surface area (Å²) in [6.45, 7) is 0. The van der Waals surface area contributed by atoms with E-state index in [-0.39, 0.29) is 31.1 Å². The van der Waals surface area contributed by atoms with E-state index in [0.29, 0.717) is 30.6 Å². The van der Waals surface area contributed by atoms with Crippen LogP contribution in [0.3, 0.4) is 0 Å². The van der Waals surface area contributed by atoms with Crippen molar-refractivity contribution in [2.75, 3.05) is 0 Å². The minimum atomic E-state index is -2.60. The molecule has 3 heterocycles. The number of para-hydroxylation sites is 1. The molecule has 7 heteroatoms. The zero-order chi connectivity index (χ0) is 20.7. The molecule has 1 saturated carbocycles. The van der Waals surface area contributed by atoms with Crippen LogP contribution in [-0.2, 0) is 6.42 Å². The molecule has 0 amide bonds. The SMILES string of the molecule is O=C1CC(Cc2ccccc2-n2cccc2)=Nc2c1cnn2C1CCC(F)(F)CC1. The molecular weight excluding hydrogens is 386 g/mol. The van der Waals surface area contributed by atoms with Crippen LogP contribution in [0.15, 0.2) is 60.0 Å². The number of Topliss-reactive ketones (excluding diaryl/α,β-unsaturated/α-hetero) is 1. The Morgan fingerprint density at radius 3 is 2.57 bits per heavy atom. The van der Waals surface area contributed by atoms with Crippen LogP contribution in [0, 0.1) is 0 Å². The Kier molecular flexibility index (Phi) is 4.60. The molecule has 1 aromatic carbocycles. The van der Waals surface area contributed by atoms with Gasteiger partial charge in [-0.3, -0.25) is 4.79 Å². The number of carbonyl (C=O) groups is 1. The molecule has 3 aromatic rings. The Hall–Kier alpha value is -3.09. The van der Waals surface area contributed by atoms with Crippen molar-refractivity contribution in [3.63, 3.8) is 0 Å². The van der Waals surface area contributed by atoms with Gasteiger partial charge in [0.05, 0.1) is 24.2 Å². The van der Waals surface area contributed by atoms with E-state index >= 15 is 0 Å². The number of carbonyl (C=O) groups excluding carboxylic acids is 1. The summed E-state index contributed by atoms with van der Waals surface area (Å²) in [6.07, 6.45) is 6.69. The first kappa shape index (κ1) is 18.9. The molecule has 5 rings (SSSR count). The number of hydrogen-bond acceptors (Lipinski definition) is 3. The monoisotopic (exact) mass is 408 g/mol. The average molecular weight is 408 g/mol. The maximum absolute atomic E-state index is 13.6. The third-order valence-corrected chi connectivity index (χ3v) is 6.00. The highest BCUT2D eigenvalue weighted by Crippen LogP contribution is 2.41. The van der Waals surface area contributed by atoms with Crippen molar-refractivity contribution in [1.82, 2.24) is 14.3 Å². The van der Waals surface area contributed by atoms with Gasteiger partial charge in [-0.1, -0.05) is 18.2 Å². The maximum Gasteiger partial charge on any atom is 0.248 e. The maximum atomic E-state index is 13.6. The average Bonchev–Trinajstić information content (AvgIpc) is 3.39. The van der Waals surface area contributed by atoms with Crippen molar-refractivity contribution in [2.24, 2.45) is 4.99 Å². The molecule has 0 bridgehead atoms. The first-order valence-electron chi connectivity index (χ1n) is 10.3. The van der Waals surface area contributed by atoms with Gasteiger partial charge < -0.3 is 4.57 Å². The van der Waals surface area contributed by atoms with Crippen LogP contribution in [0.25, 0.3) is 5.69 Å². The number of aliphatic imine (C=N–C) groups is 1. The van der Waals surface area contributed by atoms with E-state index < -0.39 is 5.92 Å². The van der Waals surface area contributed by atoms with Gasteiger partial charge in [0.2, 0.25) is 5.92 Å². The van der Waals surface area contributed by atoms with Crippen LogP contribution < -0.4 is 0 Å². The number of nitrogens with zero attached hydrogens (tertiary/aromatic N) is 4. The molecule has 1 aliphatic heterocycles. The van der Waals surface area contributed by atoms with Gasteiger partial charge in [0.25, 0.3) is 0 Å². The lowest BCUT2D eigenvalue weighted by Gasteiger charge is -2.29. The van der Waals surface area contributed by atoms with E-state index in [4.69, 9.17) is 4.99 Å². The highest BCUT2D eigenvalue weighted by molar-refractivity contribution is 6.15. The number of ketones is 1. The van der Waals surface area contributed by atoms with Crippen molar-refractivity contribution in [3.8, 4) is 5.69 Å². The highest BCUT2D eigenvalue weighted by Gasteiger charge is 2.37. The van der Waals surface area contributed by atoms with Crippen LogP contribution in [0.2, 0.25) is 0 Å². The fourth-order valence-corrected chi connectivity index (χ4v) is 4.40. The van der Waals surface area contributed by atoms with Crippen LogP contribution in [0.4, 0.5) is 14.6 Å². The number of alkyl halides is 2. The first-order valence-corrected chi connectivity index (χ1v) is 10.3. The molecule has 0 atom stereocenters. The topological polar surface area (TPSA) is 52.2 Å². The van der Waals surface area contributed by atoms with Gasteiger partial charge in [-0.15, -0.1) is 0 Å². The molecule has 154 valence electrons. The fraction of sp³-hybridized carbons (Fsp3) is 0.348. The minimum Gasteiger partial charge on any atom is -0.324 e. The Balaban J connectivity index is 1.45. The van der Waals surface area contributed by atoms with E-state index in [1.165, 1.54) is 0 Å². The number of fused-ring (bicyclic) bond motifs is 1. The number of aromatic nitrogens is 3. The summed E-state index contributed by atoms with van der Waals surface area (Å²) in [5, 5.41) is 4.36. The molecule has 2 aliphatic rings. The molecular formula is C23H22F2N4O. The van der Waals surface area contributed by atoms with E-state index in [0.717, 1.165) is 17.0 Å². The van der Waals surface area contributed by atoms with Crippen molar-refractivity contribution in [1.29, 1.82) is 0 Å². The second kappa shape index (κ2) is 7.31. The van der Waals surface area contributed by atoms with Gasteiger partial charge in [-0.05, 0) is 36.6 Å². The molecule has 0 unspecified atom stereocenters.